The van der Waals surface area contributed by atoms with E-state index >= 15 is 0 Å². The van der Waals surface area contributed by atoms with Crippen molar-refractivity contribution in [2.75, 3.05) is 28.8 Å². The number of rotatable bonds is 9. The van der Waals surface area contributed by atoms with Gasteiger partial charge in [-0.3, -0.25) is 10.1 Å². The van der Waals surface area contributed by atoms with E-state index in [1.165, 1.54) is 6.26 Å². The van der Waals surface area contributed by atoms with E-state index in [1.807, 2.05) is 41.8 Å². The van der Waals surface area contributed by atoms with Crippen molar-refractivity contribution in [1.82, 2.24) is 19.5 Å². The number of amides is 1. The molecular weight excluding hydrogens is 597 g/mol. The minimum absolute atomic E-state index is 0.0166. The lowest BCUT2D eigenvalue weighted by atomic mass is 10.1. The molecule has 0 fully saturated rings. The lowest BCUT2D eigenvalue weighted by Gasteiger charge is -2.19. The van der Waals surface area contributed by atoms with Crippen LogP contribution in [0.1, 0.15) is 11.1 Å². The van der Waals surface area contributed by atoms with E-state index in [4.69, 9.17) is 23.2 Å². The van der Waals surface area contributed by atoms with Gasteiger partial charge in [-0.1, -0.05) is 41.4 Å². The number of benzene rings is 3. The molecule has 0 spiro atoms. The molecule has 10 nitrogen and oxygen atoms in total. The van der Waals surface area contributed by atoms with Gasteiger partial charge >= 0.3 is 0 Å². The number of aryl methyl sites for hydroxylation is 1. The van der Waals surface area contributed by atoms with Gasteiger partial charge in [-0.25, -0.2) is 18.4 Å². The summed E-state index contributed by atoms with van der Waals surface area (Å²) < 4.78 is 24.9. The predicted octanol–water partition coefficient (Wildman–Crippen LogP) is 5.91. The number of nitrogens with one attached hydrogen (secondary N) is 2. The molecule has 2 N–H and O–H groups in total. The molecule has 0 aliphatic rings. The third-order valence-corrected chi connectivity index (χ3v) is 8.07. The Balaban J connectivity index is 1.29. The van der Waals surface area contributed by atoms with Gasteiger partial charge < -0.3 is 14.8 Å². The number of sulfone groups is 1. The van der Waals surface area contributed by atoms with Gasteiger partial charge in [-0.05, 0) is 59.7 Å². The summed E-state index contributed by atoms with van der Waals surface area (Å²) in [7, 11) is 0.614. The zero-order chi connectivity index (χ0) is 30.0. The molecule has 216 valence electrons. The average Bonchev–Trinajstić information content (AvgIpc) is 3.24. The van der Waals surface area contributed by atoms with Crippen molar-refractivity contribution in [3.63, 3.8) is 0 Å². The van der Waals surface area contributed by atoms with Crippen LogP contribution < -0.4 is 15.5 Å². The van der Waals surface area contributed by atoms with E-state index < -0.39 is 9.84 Å². The quantitative estimate of drug-likeness (QED) is 0.208. The fourth-order valence-corrected chi connectivity index (χ4v) is 5.48. The molecule has 3 aromatic carbocycles. The van der Waals surface area contributed by atoms with Crippen molar-refractivity contribution in [2.45, 2.75) is 12.2 Å². The summed E-state index contributed by atoms with van der Waals surface area (Å²) in [5, 5.41) is 6.86. The molecule has 2 heterocycles. The van der Waals surface area contributed by atoms with E-state index in [1.54, 1.807) is 54.7 Å². The first-order valence-electron chi connectivity index (χ1n) is 12.8. The van der Waals surface area contributed by atoms with Crippen LogP contribution >= 0.6 is 23.2 Å². The second-order valence-electron chi connectivity index (χ2n) is 9.83. The number of halogens is 2. The largest absolute Gasteiger partial charge is 0.329 e. The Morgan fingerprint density at radius 1 is 0.952 bits per heavy atom. The van der Waals surface area contributed by atoms with E-state index in [-0.39, 0.29) is 18.1 Å². The van der Waals surface area contributed by atoms with Crippen LogP contribution in [0.5, 0.6) is 0 Å². The van der Waals surface area contributed by atoms with Crippen molar-refractivity contribution in [2.24, 2.45) is 7.05 Å². The molecule has 0 radical (unpaired) electrons. The zero-order valence-corrected chi connectivity index (χ0v) is 25.3. The summed E-state index contributed by atoms with van der Waals surface area (Å²) in [5.41, 5.74) is 4.57. The molecule has 13 heteroatoms. The van der Waals surface area contributed by atoms with E-state index in [9.17, 15) is 13.2 Å². The van der Waals surface area contributed by atoms with E-state index in [2.05, 4.69) is 25.6 Å². The minimum atomic E-state index is -3.11. The fraction of sp³-hybridized carbons (Fsp3) is 0.172. The maximum atomic E-state index is 12.7. The van der Waals surface area contributed by atoms with Crippen molar-refractivity contribution in [3.8, 4) is 0 Å². The van der Waals surface area contributed by atoms with Crippen molar-refractivity contribution in [1.29, 1.82) is 0 Å². The van der Waals surface area contributed by atoms with Crippen LogP contribution in [-0.4, -0.2) is 47.1 Å². The summed E-state index contributed by atoms with van der Waals surface area (Å²) in [5.74, 6) is 1.21. The van der Waals surface area contributed by atoms with Crippen LogP contribution in [0.4, 0.5) is 29.1 Å². The van der Waals surface area contributed by atoms with Crippen LogP contribution in [0.25, 0.3) is 11.0 Å². The normalized spacial score (nSPS) is 11.5. The number of carbonyl (C=O) groups is 1. The third kappa shape index (κ3) is 6.99. The molecule has 0 atom stereocenters. The van der Waals surface area contributed by atoms with Crippen LogP contribution in [0, 0.1) is 0 Å². The van der Waals surface area contributed by atoms with Crippen LogP contribution in [0.2, 0.25) is 10.0 Å². The molecule has 0 saturated carbocycles. The summed E-state index contributed by atoms with van der Waals surface area (Å²) in [4.78, 5) is 28.2. The number of anilines is 5. The smallest absolute Gasteiger partial charge is 0.231 e. The fourth-order valence-electron chi connectivity index (χ4n) is 4.36. The summed E-state index contributed by atoms with van der Waals surface area (Å²) in [6, 6.07) is 19.8. The van der Waals surface area contributed by atoms with Crippen LogP contribution in [0.3, 0.4) is 0 Å². The Labute approximate surface area is 253 Å². The van der Waals surface area contributed by atoms with E-state index in [0.717, 1.165) is 22.5 Å². The molecule has 0 aliphatic heterocycles. The molecule has 2 aromatic heterocycles. The maximum absolute atomic E-state index is 12.7. The van der Waals surface area contributed by atoms with Gasteiger partial charge in [0.25, 0.3) is 0 Å². The van der Waals surface area contributed by atoms with Gasteiger partial charge in [0.1, 0.15) is 5.82 Å². The number of hydrogen-bond donors (Lipinski definition) is 2. The highest BCUT2D eigenvalue weighted by Gasteiger charge is 2.15. The third-order valence-electron chi connectivity index (χ3n) is 6.48. The Morgan fingerprint density at radius 2 is 1.69 bits per heavy atom. The molecule has 0 bridgehead atoms. The monoisotopic (exact) mass is 623 g/mol. The minimum Gasteiger partial charge on any atom is -0.329 e. The predicted molar refractivity (Wildman–Crippen MR) is 168 cm³/mol. The first-order chi connectivity index (χ1) is 19.9. The Bertz CT molecular complexity index is 1890. The zero-order valence-electron chi connectivity index (χ0n) is 23.0. The van der Waals surface area contributed by atoms with Crippen LogP contribution in [0.15, 0.2) is 72.9 Å². The molecule has 1 amide bonds. The number of nitrogens with zero attached hydrogens (tertiary/aromatic N) is 5. The molecule has 0 saturated heterocycles. The molecule has 0 unspecified atom stereocenters. The Kier molecular flexibility index (Phi) is 8.35. The Morgan fingerprint density at radius 3 is 2.40 bits per heavy atom. The molecular formula is C29H27Cl2N7O3S. The number of hydrogen-bond acceptors (Lipinski definition) is 8. The summed E-state index contributed by atoms with van der Waals surface area (Å²) >= 11 is 12.0. The molecule has 5 aromatic rings. The summed E-state index contributed by atoms with van der Waals surface area (Å²) in [6.07, 6.45) is 2.99. The first kappa shape index (κ1) is 29.3. The standard InChI is InChI=1S/C29H27Cl2N7O3S/c1-37(26-12-13-32-28(35-26)33-20-7-4-18(5-8-20)17-42(3,40)41)21-9-11-25-24(16-21)34-29(38(25)2)36-27(39)15-19-6-10-22(30)23(31)14-19/h4-14,16H,15,17H2,1-3H3,(H,32,33,35)(H,34,36,39). The number of aromatic nitrogens is 4. The molecule has 0 aliphatic carbocycles. The SMILES string of the molecule is CN(c1ccc2c(c1)nc(NC(=O)Cc1ccc(Cl)c(Cl)c1)n2C)c1ccnc(Nc2ccc(CS(C)(=O)=O)cc2)n1. The van der Waals surface area contributed by atoms with Gasteiger partial charge in [-0.15, -0.1) is 0 Å². The van der Waals surface area contributed by atoms with Crippen LogP contribution in [-0.2, 0) is 33.9 Å². The summed E-state index contributed by atoms with van der Waals surface area (Å²) in [6.45, 7) is 0. The molecule has 5 rings (SSSR count). The van der Waals surface area contributed by atoms with Crippen molar-refractivity contribution < 1.29 is 13.2 Å². The first-order valence-corrected chi connectivity index (χ1v) is 15.6. The van der Waals surface area contributed by atoms with E-state index in [0.29, 0.717) is 38.8 Å². The topological polar surface area (TPSA) is 122 Å². The maximum Gasteiger partial charge on any atom is 0.231 e. The van der Waals surface area contributed by atoms with Crippen molar-refractivity contribution >= 4 is 79.1 Å². The van der Waals surface area contributed by atoms with Gasteiger partial charge in [0.15, 0.2) is 9.84 Å². The van der Waals surface area contributed by atoms with Crippen molar-refractivity contribution in [3.05, 3.63) is 94.1 Å². The highest BCUT2D eigenvalue weighted by atomic mass is 35.5. The van der Waals surface area contributed by atoms with Gasteiger partial charge in [-0.2, -0.15) is 4.98 Å². The second-order valence-corrected chi connectivity index (χ2v) is 12.8. The Hall–Kier alpha value is -4.19. The lowest BCUT2D eigenvalue weighted by Crippen LogP contribution is -2.17. The average molecular weight is 625 g/mol. The number of imidazole rings is 1. The molecule has 42 heavy (non-hydrogen) atoms. The highest BCUT2D eigenvalue weighted by Crippen LogP contribution is 2.28. The second kappa shape index (κ2) is 12.0. The van der Waals surface area contributed by atoms with Gasteiger partial charge in [0.05, 0.1) is 33.3 Å². The van der Waals surface area contributed by atoms with Gasteiger partial charge in [0, 0.05) is 37.9 Å². The lowest BCUT2D eigenvalue weighted by molar-refractivity contribution is -0.115. The number of fused-ring (bicyclic) bond motifs is 1. The highest BCUT2D eigenvalue weighted by molar-refractivity contribution is 7.89. The van der Waals surface area contributed by atoms with Gasteiger partial charge in [0.2, 0.25) is 17.8 Å². The number of carbonyl (C=O) groups excluding carboxylic acids is 1.